The molecule has 0 aromatic carbocycles. The van der Waals surface area contributed by atoms with Crippen LogP contribution in [0.25, 0.3) is 0 Å². The zero-order chi connectivity index (χ0) is 19.6. The molecule has 1 aliphatic carbocycles. The monoisotopic (exact) mass is 441 g/mol. The van der Waals surface area contributed by atoms with E-state index in [9.17, 15) is 4.79 Å². The van der Waals surface area contributed by atoms with Crippen LogP contribution in [0, 0.1) is 0 Å². The summed E-state index contributed by atoms with van der Waals surface area (Å²) in [6.45, 7) is 4.86. The highest BCUT2D eigenvalue weighted by atomic mass is 79.9. The molecule has 0 saturated heterocycles. The molecule has 1 aromatic heterocycles. The predicted octanol–water partition coefficient (Wildman–Crippen LogP) is 4.15. The second-order valence-electron chi connectivity index (χ2n) is 6.94. The van der Waals surface area contributed by atoms with Crippen molar-refractivity contribution >= 4 is 27.7 Å². The Morgan fingerprint density at radius 2 is 2.07 bits per heavy atom. The third-order valence-corrected chi connectivity index (χ3v) is 5.50. The lowest BCUT2D eigenvalue weighted by Gasteiger charge is -2.32. The number of ether oxygens (including phenoxy) is 2. The van der Waals surface area contributed by atoms with Crippen molar-refractivity contribution in [2.45, 2.75) is 70.6 Å². The van der Waals surface area contributed by atoms with Crippen LogP contribution in [0.2, 0.25) is 0 Å². The normalized spacial score (nSPS) is 17.3. The van der Waals surface area contributed by atoms with Gasteiger partial charge in [-0.3, -0.25) is 0 Å². The maximum Gasteiger partial charge on any atom is 0.341 e. The van der Waals surface area contributed by atoms with Crippen LogP contribution in [0.3, 0.4) is 0 Å². The molecule has 2 unspecified atom stereocenters. The van der Waals surface area contributed by atoms with E-state index < -0.39 is 0 Å². The fourth-order valence-corrected chi connectivity index (χ4v) is 3.92. The van der Waals surface area contributed by atoms with Crippen LogP contribution >= 0.6 is 15.9 Å². The average Bonchev–Trinajstić information content (AvgIpc) is 2.69. The third-order valence-electron chi connectivity index (χ3n) is 5.07. The summed E-state index contributed by atoms with van der Waals surface area (Å²) in [6, 6.07) is 2.56. The molecule has 152 valence electrons. The van der Waals surface area contributed by atoms with Gasteiger partial charge in [-0.2, -0.15) is 0 Å². The lowest BCUT2D eigenvalue weighted by Crippen LogP contribution is -2.49. The summed E-state index contributed by atoms with van der Waals surface area (Å²) in [7, 11) is 1.73. The van der Waals surface area contributed by atoms with Crippen LogP contribution in [0.1, 0.15) is 62.7 Å². The van der Waals surface area contributed by atoms with Gasteiger partial charge in [0, 0.05) is 36.4 Å². The van der Waals surface area contributed by atoms with Crippen molar-refractivity contribution < 1.29 is 14.3 Å². The molecule has 27 heavy (non-hydrogen) atoms. The first-order valence-electron chi connectivity index (χ1n) is 9.94. The van der Waals surface area contributed by atoms with E-state index in [4.69, 9.17) is 9.47 Å². The number of halogens is 1. The summed E-state index contributed by atoms with van der Waals surface area (Å²) >= 11 is 3.37. The SMILES string of the molecule is CCOC(=O)c1cc(Br)cnc1NCC(OC)C(CC)NC1CCCCC1. The number of pyridine rings is 1. The summed E-state index contributed by atoms with van der Waals surface area (Å²) in [4.78, 5) is 16.6. The Hall–Kier alpha value is -1.18. The fourth-order valence-electron chi connectivity index (χ4n) is 3.59. The molecule has 2 atom stereocenters. The summed E-state index contributed by atoms with van der Waals surface area (Å²) in [5.41, 5.74) is 0.425. The van der Waals surface area contributed by atoms with Crippen molar-refractivity contribution in [3.63, 3.8) is 0 Å². The van der Waals surface area contributed by atoms with E-state index in [1.54, 1.807) is 26.3 Å². The first-order chi connectivity index (χ1) is 13.1. The van der Waals surface area contributed by atoms with Crippen molar-refractivity contribution in [2.75, 3.05) is 25.6 Å². The number of anilines is 1. The molecule has 0 radical (unpaired) electrons. The second-order valence-corrected chi connectivity index (χ2v) is 7.86. The lowest BCUT2D eigenvalue weighted by atomic mass is 9.94. The molecular weight excluding hydrogens is 410 g/mol. The number of hydrogen-bond donors (Lipinski definition) is 2. The minimum Gasteiger partial charge on any atom is -0.462 e. The molecular formula is C20H32BrN3O3. The number of esters is 1. The second kappa shape index (κ2) is 11.6. The van der Waals surface area contributed by atoms with Gasteiger partial charge in [0.25, 0.3) is 0 Å². The number of nitrogens with zero attached hydrogens (tertiary/aromatic N) is 1. The number of nitrogens with one attached hydrogen (secondary N) is 2. The highest BCUT2D eigenvalue weighted by molar-refractivity contribution is 9.10. The van der Waals surface area contributed by atoms with E-state index in [1.807, 2.05) is 0 Å². The molecule has 7 heteroatoms. The lowest BCUT2D eigenvalue weighted by molar-refractivity contribution is 0.0526. The molecule has 0 bridgehead atoms. The first kappa shape index (κ1) is 22.1. The average molecular weight is 442 g/mol. The van der Waals surface area contributed by atoms with Gasteiger partial charge in [0.1, 0.15) is 11.4 Å². The fraction of sp³-hybridized carbons (Fsp3) is 0.700. The molecule has 0 aliphatic heterocycles. The maximum atomic E-state index is 12.2. The number of methoxy groups -OCH3 is 1. The highest BCUT2D eigenvalue weighted by Gasteiger charge is 2.24. The number of carbonyl (C=O) groups excluding carboxylic acids is 1. The van der Waals surface area contributed by atoms with Crippen LogP contribution in [0.4, 0.5) is 5.82 Å². The molecule has 2 rings (SSSR count). The molecule has 2 N–H and O–H groups in total. The van der Waals surface area contributed by atoms with E-state index in [2.05, 4.69) is 38.5 Å². The quantitative estimate of drug-likeness (QED) is 0.531. The van der Waals surface area contributed by atoms with Crippen molar-refractivity contribution in [1.82, 2.24) is 10.3 Å². The predicted molar refractivity (Wildman–Crippen MR) is 111 cm³/mol. The molecule has 6 nitrogen and oxygen atoms in total. The van der Waals surface area contributed by atoms with Crippen LogP contribution in [-0.4, -0.2) is 49.4 Å². The van der Waals surface area contributed by atoms with Gasteiger partial charge < -0.3 is 20.1 Å². The van der Waals surface area contributed by atoms with Crippen molar-refractivity contribution in [1.29, 1.82) is 0 Å². The van der Waals surface area contributed by atoms with Gasteiger partial charge in [-0.05, 0) is 48.2 Å². The van der Waals surface area contributed by atoms with Gasteiger partial charge in [0.05, 0.1) is 12.7 Å². The number of hydrogen-bond acceptors (Lipinski definition) is 6. The van der Waals surface area contributed by atoms with Gasteiger partial charge in [0.15, 0.2) is 0 Å². The van der Waals surface area contributed by atoms with Gasteiger partial charge in [0.2, 0.25) is 0 Å². The summed E-state index contributed by atoms with van der Waals surface area (Å²) in [5, 5.41) is 7.06. The van der Waals surface area contributed by atoms with E-state index in [1.165, 1.54) is 32.1 Å². The molecule has 1 saturated carbocycles. The molecule has 0 amide bonds. The van der Waals surface area contributed by atoms with Crippen LogP contribution in [0.15, 0.2) is 16.7 Å². The zero-order valence-electron chi connectivity index (χ0n) is 16.6. The van der Waals surface area contributed by atoms with E-state index in [0.717, 1.165) is 10.9 Å². The molecule has 0 spiro atoms. The summed E-state index contributed by atoms with van der Waals surface area (Å²) < 4.78 is 11.6. The van der Waals surface area contributed by atoms with E-state index in [0.29, 0.717) is 30.6 Å². The van der Waals surface area contributed by atoms with Gasteiger partial charge in [-0.1, -0.05) is 26.2 Å². The van der Waals surface area contributed by atoms with Crippen molar-refractivity contribution in [2.24, 2.45) is 0 Å². The smallest absolute Gasteiger partial charge is 0.341 e. The Bertz CT molecular complexity index is 594. The van der Waals surface area contributed by atoms with Gasteiger partial charge in [-0.25, -0.2) is 9.78 Å². The van der Waals surface area contributed by atoms with Crippen LogP contribution in [0.5, 0.6) is 0 Å². The molecule has 1 aliphatic rings. The Balaban J connectivity index is 2.02. The largest absolute Gasteiger partial charge is 0.462 e. The highest BCUT2D eigenvalue weighted by Crippen LogP contribution is 2.21. The summed E-state index contributed by atoms with van der Waals surface area (Å²) in [5.74, 6) is 0.140. The molecule has 1 heterocycles. The van der Waals surface area contributed by atoms with Crippen molar-refractivity contribution in [3.05, 3.63) is 22.3 Å². The van der Waals surface area contributed by atoms with Gasteiger partial charge >= 0.3 is 5.97 Å². The van der Waals surface area contributed by atoms with Crippen LogP contribution < -0.4 is 10.6 Å². The van der Waals surface area contributed by atoms with E-state index in [-0.39, 0.29) is 18.1 Å². The number of aromatic nitrogens is 1. The third kappa shape index (κ3) is 6.73. The summed E-state index contributed by atoms with van der Waals surface area (Å²) in [6.07, 6.45) is 9.06. The molecule has 1 aromatic rings. The molecule has 1 fully saturated rings. The van der Waals surface area contributed by atoms with E-state index >= 15 is 0 Å². The van der Waals surface area contributed by atoms with Gasteiger partial charge in [-0.15, -0.1) is 0 Å². The maximum absolute atomic E-state index is 12.2. The Labute approximate surface area is 170 Å². The minimum atomic E-state index is -0.380. The van der Waals surface area contributed by atoms with Crippen LogP contribution in [-0.2, 0) is 9.47 Å². The number of carbonyl (C=O) groups is 1. The standard InChI is InChI=1S/C20H32BrN3O3/c1-4-17(24-15-9-7-6-8-10-15)18(26-3)13-23-19-16(20(25)27-5-2)11-14(21)12-22-19/h11-12,15,17-18,24H,4-10,13H2,1-3H3,(H,22,23). The first-order valence-corrected chi connectivity index (χ1v) is 10.7. The van der Waals surface area contributed by atoms with Crippen molar-refractivity contribution in [3.8, 4) is 0 Å². The number of rotatable bonds is 10. The minimum absolute atomic E-state index is 0.0163. The Kier molecular flexibility index (Phi) is 9.51. The Morgan fingerprint density at radius 3 is 2.70 bits per heavy atom. The zero-order valence-corrected chi connectivity index (χ0v) is 18.2. The topological polar surface area (TPSA) is 72.5 Å². The Morgan fingerprint density at radius 1 is 1.33 bits per heavy atom.